The maximum atomic E-state index is 12.2. The molecule has 0 radical (unpaired) electrons. The molecule has 0 spiro atoms. The molecule has 1 aliphatic rings. The Balaban J connectivity index is 2.07. The van der Waals surface area contributed by atoms with Crippen molar-refractivity contribution < 1.29 is 8.42 Å². The van der Waals surface area contributed by atoms with E-state index in [1.54, 1.807) is 7.05 Å². The molecule has 0 aliphatic heterocycles. The van der Waals surface area contributed by atoms with Gasteiger partial charge in [-0.25, -0.2) is 13.1 Å². The fraction of sp³-hybridized carbons (Fsp3) is 0.750. The Kier molecular flexibility index (Phi) is 4.27. The average Bonchev–Trinajstić information content (AvgIpc) is 2.85. The van der Waals surface area contributed by atoms with Crippen molar-refractivity contribution in [3.8, 4) is 0 Å². The number of aryl methyl sites for hydroxylation is 1. The van der Waals surface area contributed by atoms with Crippen LogP contribution in [0.1, 0.15) is 32.1 Å². The van der Waals surface area contributed by atoms with E-state index in [2.05, 4.69) is 9.82 Å². The summed E-state index contributed by atoms with van der Waals surface area (Å²) in [6.07, 6.45) is 6.95. The molecular weight excluding hydrogens is 264 g/mol. The maximum Gasteiger partial charge on any atom is 0.257 e. The van der Waals surface area contributed by atoms with Crippen LogP contribution in [0.5, 0.6) is 0 Å². The van der Waals surface area contributed by atoms with Crippen LogP contribution in [-0.4, -0.2) is 31.3 Å². The molecule has 108 valence electrons. The van der Waals surface area contributed by atoms with Crippen molar-refractivity contribution in [2.75, 3.05) is 13.1 Å². The summed E-state index contributed by atoms with van der Waals surface area (Å²) < 4.78 is 28.5. The van der Waals surface area contributed by atoms with Gasteiger partial charge in [-0.05, 0) is 30.9 Å². The number of rotatable bonds is 5. The zero-order valence-electron chi connectivity index (χ0n) is 11.3. The maximum absolute atomic E-state index is 12.2. The first-order chi connectivity index (χ1) is 8.99. The molecule has 1 fully saturated rings. The summed E-state index contributed by atoms with van der Waals surface area (Å²) in [5, 5.41) is 4.08. The van der Waals surface area contributed by atoms with E-state index >= 15 is 0 Å². The number of sulfonamides is 1. The summed E-state index contributed by atoms with van der Waals surface area (Å²) in [6, 6.07) is 1.50. The number of nitrogens with one attached hydrogen (secondary N) is 1. The lowest BCUT2D eigenvalue weighted by Crippen LogP contribution is -2.44. The average molecular weight is 286 g/mol. The molecule has 0 atom stereocenters. The van der Waals surface area contributed by atoms with Gasteiger partial charge in [0.25, 0.3) is 10.0 Å². The first-order valence-corrected chi connectivity index (χ1v) is 8.15. The molecule has 2 rings (SSSR count). The highest BCUT2D eigenvalue weighted by Gasteiger charge is 2.32. The van der Waals surface area contributed by atoms with E-state index in [-0.39, 0.29) is 10.4 Å². The van der Waals surface area contributed by atoms with E-state index in [1.807, 2.05) is 0 Å². The first-order valence-electron chi connectivity index (χ1n) is 6.67. The molecule has 0 saturated heterocycles. The van der Waals surface area contributed by atoms with Gasteiger partial charge in [0.05, 0.1) is 6.20 Å². The Bertz CT molecular complexity index is 518. The monoisotopic (exact) mass is 286 g/mol. The molecule has 0 aromatic carbocycles. The third kappa shape index (κ3) is 3.16. The molecule has 19 heavy (non-hydrogen) atoms. The summed E-state index contributed by atoms with van der Waals surface area (Å²) in [5.41, 5.74) is 5.78. The minimum absolute atomic E-state index is 0.0795. The van der Waals surface area contributed by atoms with Crippen molar-refractivity contribution in [2.45, 2.75) is 37.1 Å². The molecule has 1 aromatic rings. The molecule has 0 unspecified atom stereocenters. The van der Waals surface area contributed by atoms with Crippen molar-refractivity contribution in [2.24, 2.45) is 18.2 Å². The smallest absolute Gasteiger partial charge is 0.257 e. The van der Waals surface area contributed by atoms with Crippen LogP contribution in [0.25, 0.3) is 0 Å². The number of nitrogens with zero attached hydrogens (tertiary/aromatic N) is 2. The number of hydrogen-bond acceptors (Lipinski definition) is 4. The molecule has 3 N–H and O–H groups in total. The van der Waals surface area contributed by atoms with E-state index in [0.29, 0.717) is 13.1 Å². The topological polar surface area (TPSA) is 90.0 Å². The van der Waals surface area contributed by atoms with Crippen molar-refractivity contribution in [1.29, 1.82) is 0 Å². The van der Waals surface area contributed by atoms with Gasteiger partial charge < -0.3 is 5.73 Å². The second-order valence-electron chi connectivity index (χ2n) is 5.38. The molecule has 1 aliphatic carbocycles. The fourth-order valence-electron chi connectivity index (χ4n) is 2.70. The molecule has 1 saturated carbocycles. The van der Waals surface area contributed by atoms with E-state index in [4.69, 9.17) is 5.73 Å². The van der Waals surface area contributed by atoms with Crippen LogP contribution < -0.4 is 10.5 Å². The SMILES string of the molecule is Cn1nccc1S(=O)(=O)NCC1(CN)CCCCC1. The van der Waals surface area contributed by atoms with Gasteiger partial charge in [-0.3, -0.25) is 4.68 Å². The third-order valence-electron chi connectivity index (χ3n) is 4.04. The van der Waals surface area contributed by atoms with Crippen molar-refractivity contribution in [3.63, 3.8) is 0 Å². The first kappa shape index (κ1) is 14.5. The molecule has 7 heteroatoms. The second-order valence-corrected chi connectivity index (χ2v) is 7.10. The zero-order chi connectivity index (χ0) is 13.9. The van der Waals surface area contributed by atoms with E-state index in [9.17, 15) is 8.42 Å². The standard InChI is InChI=1S/C12H22N4O2S/c1-16-11(5-8-14-16)19(17,18)15-10-12(9-13)6-3-2-4-7-12/h5,8,15H,2-4,6-7,9-10,13H2,1H3. The highest BCUT2D eigenvalue weighted by molar-refractivity contribution is 7.89. The van der Waals surface area contributed by atoms with Crippen LogP contribution in [0, 0.1) is 5.41 Å². The largest absolute Gasteiger partial charge is 0.330 e. The van der Waals surface area contributed by atoms with Crippen LogP contribution in [0.2, 0.25) is 0 Å². The number of aromatic nitrogens is 2. The summed E-state index contributed by atoms with van der Waals surface area (Å²) in [4.78, 5) is 0. The lowest BCUT2D eigenvalue weighted by Gasteiger charge is -2.36. The Morgan fingerprint density at radius 1 is 1.42 bits per heavy atom. The van der Waals surface area contributed by atoms with Crippen molar-refractivity contribution >= 4 is 10.0 Å². The second kappa shape index (κ2) is 5.60. The van der Waals surface area contributed by atoms with Crippen LogP contribution in [0.4, 0.5) is 0 Å². The fourth-order valence-corrected chi connectivity index (χ4v) is 3.98. The molecule has 0 amide bonds. The van der Waals surface area contributed by atoms with Crippen LogP contribution >= 0.6 is 0 Å². The van der Waals surface area contributed by atoms with Crippen molar-refractivity contribution in [3.05, 3.63) is 12.3 Å². The Labute approximate surface area is 114 Å². The van der Waals surface area contributed by atoms with Crippen LogP contribution in [0.3, 0.4) is 0 Å². The zero-order valence-corrected chi connectivity index (χ0v) is 12.1. The van der Waals surface area contributed by atoms with Crippen LogP contribution in [-0.2, 0) is 17.1 Å². The highest BCUT2D eigenvalue weighted by atomic mass is 32.2. The van der Waals surface area contributed by atoms with Crippen LogP contribution in [0.15, 0.2) is 17.3 Å². The Hall–Kier alpha value is -0.920. The molecule has 6 nitrogen and oxygen atoms in total. The summed E-state index contributed by atoms with van der Waals surface area (Å²) in [6.45, 7) is 0.942. The highest BCUT2D eigenvalue weighted by Crippen LogP contribution is 2.34. The van der Waals surface area contributed by atoms with E-state index in [0.717, 1.165) is 25.7 Å². The quantitative estimate of drug-likeness (QED) is 0.829. The van der Waals surface area contributed by atoms with Gasteiger partial charge in [0.1, 0.15) is 0 Å². The lowest BCUT2D eigenvalue weighted by molar-refractivity contribution is 0.202. The summed E-state index contributed by atoms with van der Waals surface area (Å²) in [7, 11) is -1.88. The predicted molar refractivity (Wildman–Crippen MR) is 73.0 cm³/mol. The van der Waals surface area contributed by atoms with Gasteiger partial charge in [0.2, 0.25) is 0 Å². The number of hydrogen-bond donors (Lipinski definition) is 2. The minimum atomic E-state index is -3.50. The third-order valence-corrected chi connectivity index (χ3v) is 5.51. The Morgan fingerprint density at radius 3 is 2.63 bits per heavy atom. The van der Waals surface area contributed by atoms with Gasteiger partial charge in [0.15, 0.2) is 5.03 Å². The van der Waals surface area contributed by atoms with Gasteiger partial charge in [0, 0.05) is 13.6 Å². The van der Waals surface area contributed by atoms with Gasteiger partial charge in [-0.15, -0.1) is 0 Å². The molecule has 0 bridgehead atoms. The molecule has 1 heterocycles. The van der Waals surface area contributed by atoms with Gasteiger partial charge >= 0.3 is 0 Å². The normalized spacial score (nSPS) is 19.5. The summed E-state index contributed by atoms with van der Waals surface area (Å²) in [5.74, 6) is 0. The number of nitrogens with two attached hydrogens (primary N) is 1. The molecule has 1 aromatic heterocycles. The van der Waals surface area contributed by atoms with Gasteiger partial charge in [-0.2, -0.15) is 5.10 Å². The van der Waals surface area contributed by atoms with E-state index < -0.39 is 10.0 Å². The van der Waals surface area contributed by atoms with E-state index in [1.165, 1.54) is 23.4 Å². The lowest BCUT2D eigenvalue weighted by atomic mass is 9.74. The molecular formula is C12H22N4O2S. The Morgan fingerprint density at radius 2 is 2.11 bits per heavy atom. The van der Waals surface area contributed by atoms with Gasteiger partial charge in [-0.1, -0.05) is 19.3 Å². The van der Waals surface area contributed by atoms with Crippen molar-refractivity contribution in [1.82, 2.24) is 14.5 Å². The summed E-state index contributed by atoms with van der Waals surface area (Å²) >= 11 is 0. The predicted octanol–water partition coefficient (Wildman–Crippen LogP) is 0.608. The minimum Gasteiger partial charge on any atom is -0.330 e.